The van der Waals surface area contributed by atoms with Crippen molar-refractivity contribution in [2.45, 2.75) is 13.1 Å². The first-order chi connectivity index (χ1) is 8.90. The highest BCUT2D eigenvalue weighted by atomic mass is 19.1. The molecular formula is C12H17FN4O2. The third kappa shape index (κ3) is 5.45. The number of carbonyl (C=O) groups excluding carboxylic acids is 2. The largest absolute Gasteiger partial charge is 0.369 e. The van der Waals surface area contributed by atoms with Gasteiger partial charge in [-0.05, 0) is 23.3 Å². The molecule has 0 saturated carbocycles. The molecule has 0 unspecified atom stereocenters. The van der Waals surface area contributed by atoms with Crippen LogP contribution in [-0.4, -0.2) is 29.8 Å². The number of primary amides is 2. The van der Waals surface area contributed by atoms with E-state index in [0.29, 0.717) is 11.1 Å². The number of benzene rings is 1. The van der Waals surface area contributed by atoms with Gasteiger partial charge in [0.05, 0.1) is 13.1 Å². The van der Waals surface area contributed by atoms with Crippen molar-refractivity contribution < 1.29 is 14.0 Å². The standard InChI is InChI=1S/C12H17FN4O2/c13-10-2-8(4-14)1-9(3-10)5-17(6-11(15)18)7-12(16)19/h1-3H,4-7,14H2,(H2,15,18)(H2,16,19). The Balaban J connectivity index is 2.85. The van der Waals surface area contributed by atoms with Crippen LogP contribution < -0.4 is 17.2 Å². The maximum absolute atomic E-state index is 13.3. The van der Waals surface area contributed by atoms with Gasteiger partial charge < -0.3 is 17.2 Å². The van der Waals surface area contributed by atoms with Crippen molar-refractivity contribution in [3.05, 3.63) is 35.1 Å². The summed E-state index contributed by atoms with van der Waals surface area (Å²) < 4.78 is 13.3. The lowest BCUT2D eigenvalue weighted by molar-refractivity contribution is -0.122. The fourth-order valence-electron chi connectivity index (χ4n) is 1.79. The molecule has 1 rings (SSSR count). The minimum atomic E-state index is -0.586. The molecule has 0 aliphatic carbocycles. The average Bonchev–Trinajstić information content (AvgIpc) is 2.26. The van der Waals surface area contributed by atoms with Crippen LogP contribution in [0.15, 0.2) is 18.2 Å². The molecule has 0 aromatic heterocycles. The van der Waals surface area contributed by atoms with Crippen LogP contribution in [0.1, 0.15) is 11.1 Å². The Morgan fingerprint density at radius 2 is 1.58 bits per heavy atom. The highest BCUT2D eigenvalue weighted by molar-refractivity contribution is 5.79. The first-order valence-corrected chi connectivity index (χ1v) is 5.68. The zero-order valence-corrected chi connectivity index (χ0v) is 10.4. The molecule has 0 fully saturated rings. The van der Waals surface area contributed by atoms with Gasteiger partial charge in [0, 0.05) is 13.1 Å². The van der Waals surface area contributed by atoms with E-state index in [0.717, 1.165) is 0 Å². The van der Waals surface area contributed by atoms with Crippen molar-refractivity contribution in [1.82, 2.24) is 4.90 Å². The van der Waals surface area contributed by atoms with E-state index < -0.39 is 17.6 Å². The van der Waals surface area contributed by atoms with Gasteiger partial charge in [0.1, 0.15) is 5.82 Å². The molecule has 104 valence electrons. The molecule has 6 nitrogen and oxygen atoms in total. The first kappa shape index (κ1) is 15.1. The molecular weight excluding hydrogens is 251 g/mol. The fourth-order valence-corrected chi connectivity index (χ4v) is 1.79. The van der Waals surface area contributed by atoms with E-state index in [1.54, 1.807) is 6.07 Å². The van der Waals surface area contributed by atoms with Crippen LogP contribution in [-0.2, 0) is 22.7 Å². The molecule has 0 radical (unpaired) electrons. The number of nitrogens with zero attached hydrogens (tertiary/aromatic N) is 1. The molecule has 1 aromatic carbocycles. The van der Waals surface area contributed by atoms with Crippen LogP contribution in [0.4, 0.5) is 4.39 Å². The van der Waals surface area contributed by atoms with Gasteiger partial charge in [0.2, 0.25) is 11.8 Å². The van der Waals surface area contributed by atoms with E-state index >= 15 is 0 Å². The van der Waals surface area contributed by atoms with Gasteiger partial charge in [-0.1, -0.05) is 6.07 Å². The molecule has 0 aliphatic heterocycles. The van der Waals surface area contributed by atoms with E-state index in [2.05, 4.69) is 0 Å². The van der Waals surface area contributed by atoms with Crippen molar-refractivity contribution in [3.8, 4) is 0 Å². The van der Waals surface area contributed by atoms with Crippen LogP contribution in [0.2, 0.25) is 0 Å². The summed E-state index contributed by atoms with van der Waals surface area (Å²) in [6.45, 7) is 0.141. The van der Waals surface area contributed by atoms with E-state index in [1.807, 2.05) is 0 Å². The van der Waals surface area contributed by atoms with Gasteiger partial charge in [0.15, 0.2) is 0 Å². The highest BCUT2D eigenvalue weighted by Crippen LogP contribution is 2.11. The second-order valence-electron chi connectivity index (χ2n) is 4.25. The van der Waals surface area contributed by atoms with Crippen molar-refractivity contribution in [1.29, 1.82) is 0 Å². The van der Waals surface area contributed by atoms with E-state index in [-0.39, 0.29) is 26.2 Å². The lowest BCUT2D eigenvalue weighted by Crippen LogP contribution is -2.39. The second kappa shape index (κ2) is 6.81. The van der Waals surface area contributed by atoms with Crippen molar-refractivity contribution in [2.24, 2.45) is 17.2 Å². The van der Waals surface area contributed by atoms with E-state index in [1.165, 1.54) is 17.0 Å². The Hall–Kier alpha value is -1.99. The Labute approximate surface area is 110 Å². The maximum Gasteiger partial charge on any atom is 0.231 e. The molecule has 0 atom stereocenters. The predicted octanol–water partition coefficient (Wildman–Crippen LogP) is -0.943. The molecule has 0 saturated heterocycles. The predicted molar refractivity (Wildman–Crippen MR) is 68.0 cm³/mol. The van der Waals surface area contributed by atoms with Crippen LogP contribution in [0.5, 0.6) is 0 Å². The average molecular weight is 268 g/mol. The molecule has 2 amide bonds. The van der Waals surface area contributed by atoms with Gasteiger partial charge in [-0.15, -0.1) is 0 Å². The van der Waals surface area contributed by atoms with Gasteiger partial charge in [0.25, 0.3) is 0 Å². The van der Waals surface area contributed by atoms with Gasteiger partial charge >= 0.3 is 0 Å². The summed E-state index contributed by atoms with van der Waals surface area (Å²) in [6, 6.07) is 4.35. The Morgan fingerprint density at radius 3 is 2.05 bits per heavy atom. The summed E-state index contributed by atoms with van der Waals surface area (Å²) in [6.07, 6.45) is 0. The zero-order valence-electron chi connectivity index (χ0n) is 10.4. The minimum Gasteiger partial charge on any atom is -0.369 e. The lowest BCUT2D eigenvalue weighted by Gasteiger charge is -2.19. The van der Waals surface area contributed by atoms with Gasteiger partial charge in [-0.2, -0.15) is 0 Å². The van der Waals surface area contributed by atoms with E-state index in [9.17, 15) is 14.0 Å². The quantitative estimate of drug-likeness (QED) is 0.591. The zero-order chi connectivity index (χ0) is 14.4. The molecule has 6 N–H and O–H groups in total. The van der Waals surface area contributed by atoms with Crippen LogP contribution in [0.25, 0.3) is 0 Å². The number of halogens is 1. The number of carbonyl (C=O) groups is 2. The minimum absolute atomic E-state index is 0.128. The molecule has 0 aliphatic rings. The summed E-state index contributed by atoms with van der Waals surface area (Å²) in [5.74, 6) is -1.59. The molecule has 0 bridgehead atoms. The maximum atomic E-state index is 13.3. The SMILES string of the molecule is NCc1cc(F)cc(CN(CC(N)=O)CC(N)=O)c1. The molecule has 7 heteroatoms. The lowest BCUT2D eigenvalue weighted by atomic mass is 10.1. The molecule has 0 spiro atoms. The summed E-state index contributed by atoms with van der Waals surface area (Å²) in [7, 11) is 0. The second-order valence-corrected chi connectivity index (χ2v) is 4.25. The third-order valence-electron chi connectivity index (χ3n) is 2.42. The topological polar surface area (TPSA) is 115 Å². The first-order valence-electron chi connectivity index (χ1n) is 5.68. The summed E-state index contributed by atoms with van der Waals surface area (Å²) in [5.41, 5.74) is 16.8. The van der Waals surface area contributed by atoms with Crippen molar-refractivity contribution in [2.75, 3.05) is 13.1 Å². The molecule has 1 aromatic rings. The molecule has 19 heavy (non-hydrogen) atoms. The van der Waals surface area contributed by atoms with Crippen molar-refractivity contribution in [3.63, 3.8) is 0 Å². The Kier molecular flexibility index (Phi) is 5.40. The van der Waals surface area contributed by atoms with Crippen LogP contribution in [0.3, 0.4) is 0 Å². The fraction of sp³-hybridized carbons (Fsp3) is 0.333. The summed E-state index contributed by atoms with van der Waals surface area (Å²) >= 11 is 0. The van der Waals surface area contributed by atoms with Gasteiger partial charge in [-0.25, -0.2) is 4.39 Å². The van der Waals surface area contributed by atoms with Gasteiger partial charge in [-0.3, -0.25) is 14.5 Å². The number of hydrogen-bond acceptors (Lipinski definition) is 4. The van der Waals surface area contributed by atoms with E-state index in [4.69, 9.17) is 17.2 Å². The number of nitrogens with two attached hydrogens (primary N) is 3. The van der Waals surface area contributed by atoms with Crippen LogP contribution >= 0.6 is 0 Å². The summed E-state index contributed by atoms with van der Waals surface area (Å²) in [5, 5.41) is 0. The third-order valence-corrected chi connectivity index (χ3v) is 2.42. The monoisotopic (exact) mass is 268 g/mol. The summed E-state index contributed by atoms with van der Waals surface area (Å²) in [4.78, 5) is 23.3. The number of hydrogen-bond donors (Lipinski definition) is 3. The van der Waals surface area contributed by atoms with Crippen molar-refractivity contribution >= 4 is 11.8 Å². The number of amides is 2. The van der Waals surface area contributed by atoms with Crippen LogP contribution in [0, 0.1) is 5.82 Å². The normalized spacial score (nSPS) is 10.7. The highest BCUT2D eigenvalue weighted by Gasteiger charge is 2.12. The number of rotatable bonds is 7. The molecule has 0 heterocycles. The smallest absolute Gasteiger partial charge is 0.231 e. The Morgan fingerprint density at radius 1 is 1.05 bits per heavy atom. The Bertz CT molecular complexity index is 463.